The molecule has 4 nitrogen and oxygen atoms in total. The third-order valence-corrected chi connectivity index (χ3v) is 4.26. The summed E-state index contributed by atoms with van der Waals surface area (Å²) < 4.78 is 1.90. The molecule has 102 valence electrons. The number of aromatic nitrogens is 3. The maximum atomic E-state index is 4.55. The van der Waals surface area contributed by atoms with Gasteiger partial charge in [-0.1, -0.05) is 25.3 Å². The van der Waals surface area contributed by atoms with Gasteiger partial charge in [0.15, 0.2) is 5.65 Å². The molecule has 1 aliphatic carbocycles. The van der Waals surface area contributed by atoms with Gasteiger partial charge in [0, 0.05) is 11.7 Å². The van der Waals surface area contributed by atoms with Crippen molar-refractivity contribution in [2.75, 3.05) is 5.32 Å². The molecule has 0 aliphatic heterocycles. The van der Waals surface area contributed by atoms with Crippen LogP contribution < -0.4 is 5.32 Å². The average Bonchev–Trinajstić information content (AvgIpc) is 2.84. The lowest BCUT2D eigenvalue weighted by Crippen LogP contribution is -2.28. The molecule has 19 heavy (non-hydrogen) atoms. The molecule has 1 N–H and O–H groups in total. The lowest BCUT2D eigenvalue weighted by Gasteiger charge is -2.27. The number of fused-ring (bicyclic) bond motifs is 1. The highest BCUT2D eigenvalue weighted by Crippen LogP contribution is 2.27. The SMILES string of the molecule is Cc1cccc2nc(NC(C)C3CCCCC3)nn12. The first kappa shape index (κ1) is 12.5. The topological polar surface area (TPSA) is 42.2 Å². The minimum atomic E-state index is 0.456. The number of anilines is 1. The Morgan fingerprint density at radius 1 is 1.26 bits per heavy atom. The van der Waals surface area contributed by atoms with Crippen LogP contribution in [0.25, 0.3) is 5.65 Å². The van der Waals surface area contributed by atoms with Crippen molar-refractivity contribution in [2.45, 2.75) is 52.0 Å². The molecule has 2 aromatic rings. The zero-order chi connectivity index (χ0) is 13.2. The Morgan fingerprint density at radius 2 is 2.05 bits per heavy atom. The highest BCUT2D eigenvalue weighted by molar-refractivity contribution is 5.44. The van der Waals surface area contributed by atoms with Crippen molar-refractivity contribution in [3.8, 4) is 0 Å². The van der Waals surface area contributed by atoms with Crippen molar-refractivity contribution < 1.29 is 0 Å². The summed E-state index contributed by atoms with van der Waals surface area (Å²) in [5.41, 5.74) is 2.03. The van der Waals surface area contributed by atoms with Gasteiger partial charge in [0.05, 0.1) is 0 Å². The summed E-state index contributed by atoms with van der Waals surface area (Å²) in [6, 6.07) is 6.53. The van der Waals surface area contributed by atoms with Crippen LogP contribution >= 0.6 is 0 Å². The maximum Gasteiger partial charge on any atom is 0.243 e. The smallest absolute Gasteiger partial charge is 0.243 e. The summed E-state index contributed by atoms with van der Waals surface area (Å²) in [5, 5.41) is 8.03. The number of pyridine rings is 1. The summed E-state index contributed by atoms with van der Waals surface area (Å²) in [7, 11) is 0. The summed E-state index contributed by atoms with van der Waals surface area (Å²) in [6.07, 6.45) is 6.80. The molecule has 0 aromatic carbocycles. The molecule has 0 spiro atoms. The number of rotatable bonds is 3. The quantitative estimate of drug-likeness (QED) is 0.917. The van der Waals surface area contributed by atoms with Crippen LogP contribution in [0.15, 0.2) is 18.2 Å². The van der Waals surface area contributed by atoms with Crippen LogP contribution in [-0.4, -0.2) is 20.6 Å². The van der Waals surface area contributed by atoms with Crippen LogP contribution in [0.2, 0.25) is 0 Å². The molecule has 0 radical (unpaired) electrons. The number of hydrogen-bond donors (Lipinski definition) is 1. The molecule has 0 amide bonds. The molecule has 1 unspecified atom stereocenters. The molecule has 0 bridgehead atoms. The zero-order valence-corrected chi connectivity index (χ0v) is 11.8. The third kappa shape index (κ3) is 2.57. The summed E-state index contributed by atoms with van der Waals surface area (Å²) >= 11 is 0. The van der Waals surface area contributed by atoms with E-state index in [1.165, 1.54) is 32.1 Å². The fourth-order valence-corrected chi connectivity index (χ4v) is 3.05. The molecule has 2 aromatic heterocycles. The number of aryl methyl sites for hydroxylation is 1. The first-order valence-corrected chi connectivity index (χ1v) is 7.33. The largest absolute Gasteiger partial charge is 0.350 e. The van der Waals surface area contributed by atoms with E-state index in [0.717, 1.165) is 23.2 Å². The molecule has 2 heterocycles. The molecule has 1 fully saturated rings. The highest BCUT2D eigenvalue weighted by atomic mass is 15.4. The van der Waals surface area contributed by atoms with Crippen molar-refractivity contribution in [1.82, 2.24) is 14.6 Å². The van der Waals surface area contributed by atoms with E-state index in [1.807, 2.05) is 16.6 Å². The monoisotopic (exact) mass is 258 g/mol. The van der Waals surface area contributed by atoms with Gasteiger partial charge < -0.3 is 5.32 Å². The van der Waals surface area contributed by atoms with Gasteiger partial charge in [-0.2, -0.15) is 4.98 Å². The van der Waals surface area contributed by atoms with E-state index in [9.17, 15) is 0 Å². The molecular weight excluding hydrogens is 236 g/mol. The summed E-state index contributed by atoms with van der Waals surface area (Å²) in [6.45, 7) is 4.31. The van der Waals surface area contributed by atoms with Gasteiger partial charge in [0.2, 0.25) is 5.95 Å². The Kier molecular flexibility index (Phi) is 3.40. The molecule has 1 atom stereocenters. The summed E-state index contributed by atoms with van der Waals surface area (Å²) in [5.74, 6) is 1.52. The van der Waals surface area contributed by atoms with Crippen LogP contribution in [0.4, 0.5) is 5.95 Å². The van der Waals surface area contributed by atoms with Crippen LogP contribution in [0, 0.1) is 12.8 Å². The van der Waals surface area contributed by atoms with Crippen molar-refractivity contribution in [3.05, 3.63) is 23.9 Å². The Labute approximate surface area is 114 Å². The van der Waals surface area contributed by atoms with Crippen LogP contribution in [0.5, 0.6) is 0 Å². The minimum absolute atomic E-state index is 0.456. The average molecular weight is 258 g/mol. The lowest BCUT2D eigenvalue weighted by molar-refractivity contribution is 0.327. The van der Waals surface area contributed by atoms with Gasteiger partial charge in [0.25, 0.3) is 0 Å². The fourth-order valence-electron chi connectivity index (χ4n) is 3.05. The van der Waals surface area contributed by atoms with E-state index < -0.39 is 0 Å². The van der Waals surface area contributed by atoms with E-state index in [0.29, 0.717) is 6.04 Å². The zero-order valence-electron chi connectivity index (χ0n) is 11.8. The van der Waals surface area contributed by atoms with Gasteiger partial charge in [-0.3, -0.25) is 0 Å². The molecular formula is C15H22N4. The lowest BCUT2D eigenvalue weighted by atomic mass is 9.85. The van der Waals surface area contributed by atoms with Gasteiger partial charge >= 0.3 is 0 Å². The molecule has 0 saturated heterocycles. The fraction of sp³-hybridized carbons (Fsp3) is 0.600. The predicted molar refractivity (Wildman–Crippen MR) is 77.4 cm³/mol. The van der Waals surface area contributed by atoms with Gasteiger partial charge in [-0.15, -0.1) is 5.10 Å². The van der Waals surface area contributed by atoms with Crippen molar-refractivity contribution in [2.24, 2.45) is 5.92 Å². The van der Waals surface area contributed by atoms with Crippen LogP contribution in [0.3, 0.4) is 0 Å². The van der Waals surface area contributed by atoms with E-state index >= 15 is 0 Å². The second-order valence-corrected chi connectivity index (χ2v) is 5.70. The summed E-state index contributed by atoms with van der Waals surface area (Å²) in [4.78, 5) is 4.55. The number of hydrogen-bond acceptors (Lipinski definition) is 3. The van der Waals surface area contributed by atoms with E-state index in [1.54, 1.807) is 0 Å². The van der Waals surface area contributed by atoms with E-state index in [-0.39, 0.29) is 0 Å². The van der Waals surface area contributed by atoms with Gasteiger partial charge in [-0.25, -0.2) is 4.52 Å². The van der Waals surface area contributed by atoms with Crippen molar-refractivity contribution >= 4 is 11.6 Å². The first-order valence-electron chi connectivity index (χ1n) is 7.33. The normalized spacial score (nSPS) is 18.6. The predicted octanol–water partition coefficient (Wildman–Crippen LogP) is 3.42. The van der Waals surface area contributed by atoms with Gasteiger partial charge in [0.1, 0.15) is 0 Å². The van der Waals surface area contributed by atoms with E-state index in [4.69, 9.17) is 0 Å². The standard InChI is InChI=1S/C15H22N4/c1-11-7-6-10-14-17-15(18-19(11)14)16-12(2)13-8-4-3-5-9-13/h6-7,10,12-13H,3-5,8-9H2,1-2H3,(H,16,18). The molecule has 3 rings (SSSR count). The highest BCUT2D eigenvalue weighted by Gasteiger charge is 2.21. The Bertz CT molecular complexity index is 554. The Hall–Kier alpha value is -1.58. The van der Waals surface area contributed by atoms with Crippen LogP contribution in [0.1, 0.15) is 44.7 Å². The Morgan fingerprint density at radius 3 is 2.79 bits per heavy atom. The minimum Gasteiger partial charge on any atom is -0.350 e. The number of nitrogens with one attached hydrogen (secondary N) is 1. The third-order valence-electron chi connectivity index (χ3n) is 4.26. The van der Waals surface area contributed by atoms with Crippen molar-refractivity contribution in [1.29, 1.82) is 0 Å². The Balaban J connectivity index is 1.75. The van der Waals surface area contributed by atoms with Crippen LogP contribution in [-0.2, 0) is 0 Å². The van der Waals surface area contributed by atoms with Gasteiger partial charge in [-0.05, 0) is 44.7 Å². The van der Waals surface area contributed by atoms with Crippen molar-refractivity contribution in [3.63, 3.8) is 0 Å². The first-order chi connectivity index (χ1) is 9.24. The second kappa shape index (κ2) is 5.19. The molecule has 1 aliphatic rings. The molecule has 4 heteroatoms. The number of nitrogens with zero attached hydrogens (tertiary/aromatic N) is 3. The maximum absolute atomic E-state index is 4.55. The second-order valence-electron chi connectivity index (χ2n) is 5.70. The molecule has 1 saturated carbocycles. The van der Waals surface area contributed by atoms with E-state index in [2.05, 4.69) is 35.3 Å².